The van der Waals surface area contributed by atoms with E-state index in [9.17, 15) is 13.2 Å². The molecule has 5 nitrogen and oxygen atoms in total. The molecule has 0 aromatic heterocycles. The molecule has 2 fully saturated rings. The summed E-state index contributed by atoms with van der Waals surface area (Å²) in [5.41, 5.74) is 0. The Balaban J connectivity index is 1.52. The van der Waals surface area contributed by atoms with Gasteiger partial charge in [0.05, 0.1) is 10.6 Å². The quantitative estimate of drug-likeness (QED) is 0.773. The molecule has 1 aromatic rings. The number of likely N-dealkylation sites (tertiary alicyclic amines) is 2. The van der Waals surface area contributed by atoms with Gasteiger partial charge in [-0.1, -0.05) is 31.0 Å². The van der Waals surface area contributed by atoms with Gasteiger partial charge in [0.2, 0.25) is 5.91 Å². The highest BCUT2D eigenvalue weighted by Gasteiger charge is 2.32. The molecule has 2 saturated heterocycles. The number of rotatable bonds is 5. The number of hydrogen-bond donors (Lipinski definition) is 0. The third-order valence-corrected chi connectivity index (χ3v) is 7.87. The van der Waals surface area contributed by atoms with E-state index in [4.69, 9.17) is 0 Å². The van der Waals surface area contributed by atoms with E-state index in [0.717, 1.165) is 45.3 Å². The van der Waals surface area contributed by atoms with Gasteiger partial charge in [-0.25, -0.2) is 8.42 Å². The van der Waals surface area contributed by atoms with Gasteiger partial charge in [-0.2, -0.15) is 0 Å². The second-order valence-electron chi connectivity index (χ2n) is 7.94. The second-order valence-corrected chi connectivity index (χ2v) is 10.0. The first-order chi connectivity index (χ1) is 13.0. The van der Waals surface area contributed by atoms with Gasteiger partial charge in [0.25, 0.3) is 0 Å². The SMILES string of the molecule is CC(=O)N1CCCCCC1C1CCN(CCS(=O)(=O)c2ccccc2)CC1. The first-order valence-corrected chi connectivity index (χ1v) is 11.9. The van der Waals surface area contributed by atoms with Crippen molar-refractivity contribution in [2.45, 2.75) is 56.4 Å². The first kappa shape index (κ1) is 20.3. The highest BCUT2D eigenvalue weighted by atomic mass is 32.2. The van der Waals surface area contributed by atoms with E-state index in [1.807, 2.05) is 6.07 Å². The van der Waals surface area contributed by atoms with Crippen LogP contribution in [0, 0.1) is 5.92 Å². The van der Waals surface area contributed by atoms with E-state index in [1.165, 1.54) is 12.8 Å². The van der Waals surface area contributed by atoms with Crippen LogP contribution in [0.15, 0.2) is 35.2 Å². The fourth-order valence-corrected chi connectivity index (χ4v) is 5.88. The monoisotopic (exact) mass is 392 g/mol. The molecule has 1 unspecified atom stereocenters. The maximum atomic E-state index is 12.5. The topological polar surface area (TPSA) is 57.7 Å². The third-order valence-electron chi connectivity index (χ3n) is 6.16. The Morgan fingerprint density at radius 3 is 2.37 bits per heavy atom. The van der Waals surface area contributed by atoms with Crippen molar-refractivity contribution in [3.63, 3.8) is 0 Å². The van der Waals surface area contributed by atoms with Gasteiger partial charge < -0.3 is 9.80 Å². The van der Waals surface area contributed by atoms with Crippen molar-refractivity contribution < 1.29 is 13.2 Å². The highest BCUT2D eigenvalue weighted by molar-refractivity contribution is 7.91. The summed E-state index contributed by atoms with van der Waals surface area (Å²) in [6, 6.07) is 9.09. The predicted octanol–water partition coefficient (Wildman–Crippen LogP) is 2.96. The minimum atomic E-state index is -3.21. The van der Waals surface area contributed by atoms with Gasteiger partial charge in [0, 0.05) is 26.1 Å². The minimum absolute atomic E-state index is 0.171. The molecule has 6 heteroatoms. The number of nitrogens with zero attached hydrogens (tertiary/aromatic N) is 2. The Bertz CT molecular complexity index is 712. The number of carbonyl (C=O) groups excluding carboxylic acids is 1. The van der Waals surface area contributed by atoms with Crippen LogP contribution in [-0.2, 0) is 14.6 Å². The number of benzene rings is 1. The molecular formula is C21H32N2O3S. The lowest BCUT2D eigenvalue weighted by Crippen LogP contribution is -2.47. The van der Waals surface area contributed by atoms with Crippen molar-refractivity contribution in [1.29, 1.82) is 0 Å². The van der Waals surface area contributed by atoms with Crippen LogP contribution in [0.4, 0.5) is 0 Å². The van der Waals surface area contributed by atoms with E-state index in [2.05, 4.69) is 9.80 Å². The van der Waals surface area contributed by atoms with Crippen LogP contribution < -0.4 is 0 Å². The van der Waals surface area contributed by atoms with E-state index in [1.54, 1.807) is 31.2 Å². The van der Waals surface area contributed by atoms with Crippen LogP contribution in [0.25, 0.3) is 0 Å². The molecule has 27 heavy (non-hydrogen) atoms. The smallest absolute Gasteiger partial charge is 0.219 e. The molecular weight excluding hydrogens is 360 g/mol. The normalized spacial score (nSPS) is 23.1. The molecule has 1 amide bonds. The molecule has 0 radical (unpaired) electrons. The van der Waals surface area contributed by atoms with Crippen LogP contribution in [0.2, 0.25) is 0 Å². The summed E-state index contributed by atoms with van der Waals surface area (Å²) in [5, 5.41) is 0. The Hall–Kier alpha value is -1.40. The van der Waals surface area contributed by atoms with Crippen LogP contribution in [0.5, 0.6) is 0 Å². The molecule has 1 atom stereocenters. The van der Waals surface area contributed by atoms with E-state index < -0.39 is 9.84 Å². The minimum Gasteiger partial charge on any atom is -0.340 e. The van der Waals surface area contributed by atoms with Crippen molar-refractivity contribution in [2.24, 2.45) is 5.92 Å². The molecule has 150 valence electrons. The van der Waals surface area contributed by atoms with Gasteiger partial charge in [-0.05, 0) is 56.8 Å². The maximum Gasteiger partial charge on any atom is 0.219 e. The van der Waals surface area contributed by atoms with Crippen LogP contribution in [-0.4, -0.2) is 62.1 Å². The zero-order chi connectivity index (χ0) is 19.3. The maximum absolute atomic E-state index is 12.5. The van der Waals surface area contributed by atoms with Crippen LogP contribution >= 0.6 is 0 Å². The van der Waals surface area contributed by atoms with Gasteiger partial charge in [-0.3, -0.25) is 4.79 Å². The second kappa shape index (κ2) is 9.20. The van der Waals surface area contributed by atoms with E-state index in [-0.39, 0.29) is 11.7 Å². The standard InChI is InChI=1S/C21H32N2O3S/c1-18(24)23-13-7-3-6-10-21(23)19-11-14-22(15-12-19)16-17-27(25,26)20-8-4-2-5-9-20/h2,4-5,8-9,19,21H,3,6-7,10-17H2,1H3. The van der Waals surface area contributed by atoms with Crippen molar-refractivity contribution >= 4 is 15.7 Å². The van der Waals surface area contributed by atoms with E-state index in [0.29, 0.717) is 23.4 Å². The summed E-state index contributed by atoms with van der Waals surface area (Å²) < 4.78 is 24.9. The molecule has 3 rings (SSSR count). The Labute approximate surface area is 163 Å². The Morgan fingerprint density at radius 1 is 1.00 bits per heavy atom. The van der Waals surface area contributed by atoms with E-state index >= 15 is 0 Å². The summed E-state index contributed by atoms with van der Waals surface area (Å²) >= 11 is 0. The molecule has 0 spiro atoms. The van der Waals surface area contributed by atoms with Crippen molar-refractivity contribution in [2.75, 3.05) is 31.9 Å². The summed E-state index contributed by atoms with van der Waals surface area (Å²) in [7, 11) is -3.21. The molecule has 2 aliphatic heterocycles. The first-order valence-electron chi connectivity index (χ1n) is 10.2. The fraction of sp³-hybridized carbons (Fsp3) is 0.667. The number of amides is 1. The lowest BCUT2D eigenvalue weighted by Gasteiger charge is -2.40. The predicted molar refractivity (Wildman–Crippen MR) is 107 cm³/mol. The lowest BCUT2D eigenvalue weighted by molar-refractivity contribution is -0.132. The average molecular weight is 393 g/mol. The van der Waals surface area contributed by atoms with Crippen LogP contribution in [0.3, 0.4) is 0 Å². The Morgan fingerprint density at radius 2 is 1.70 bits per heavy atom. The summed E-state index contributed by atoms with van der Waals surface area (Å²) in [4.78, 5) is 16.9. The molecule has 1 aromatic carbocycles. The summed E-state index contributed by atoms with van der Waals surface area (Å²) in [6.07, 6.45) is 6.78. The van der Waals surface area contributed by atoms with Gasteiger partial charge in [0.15, 0.2) is 9.84 Å². The van der Waals surface area contributed by atoms with Gasteiger partial charge >= 0.3 is 0 Å². The van der Waals surface area contributed by atoms with Gasteiger partial charge in [0.1, 0.15) is 0 Å². The van der Waals surface area contributed by atoms with Crippen molar-refractivity contribution in [1.82, 2.24) is 9.80 Å². The third kappa shape index (κ3) is 5.32. The molecule has 0 saturated carbocycles. The number of sulfone groups is 1. The zero-order valence-electron chi connectivity index (χ0n) is 16.3. The summed E-state index contributed by atoms with van der Waals surface area (Å²) in [5.74, 6) is 0.928. The molecule has 2 heterocycles. The Kier molecular flexibility index (Phi) is 6.93. The lowest BCUT2D eigenvalue weighted by atomic mass is 9.86. The average Bonchev–Trinajstić information content (AvgIpc) is 2.94. The molecule has 0 aliphatic carbocycles. The number of carbonyl (C=O) groups is 1. The van der Waals surface area contributed by atoms with Crippen molar-refractivity contribution in [3.05, 3.63) is 30.3 Å². The molecule has 0 N–H and O–H groups in total. The number of piperidine rings is 1. The van der Waals surface area contributed by atoms with Crippen LogP contribution in [0.1, 0.15) is 45.4 Å². The summed E-state index contributed by atoms with van der Waals surface area (Å²) in [6.45, 7) is 5.04. The number of hydrogen-bond acceptors (Lipinski definition) is 4. The molecule has 2 aliphatic rings. The van der Waals surface area contributed by atoms with Crippen molar-refractivity contribution in [3.8, 4) is 0 Å². The zero-order valence-corrected chi connectivity index (χ0v) is 17.2. The largest absolute Gasteiger partial charge is 0.340 e. The fourth-order valence-electron chi connectivity index (χ4n) is 4.57. The molecule has 0 bridgehead atoms. The highest BCUT2D eigenvalue weighted by Crippen LogP contribution is 2.30. The van der Waals surface area contributed by atoms with Gasteiger partial charge in [-0.15, -0.1) is 0 Å².